The van der Waals surface area contributed by atoms with Crippen LogP contribution < -0.4 is 0 Å². The SMILES string of the molecule is [N-]=[N+]=Nc1ccc(COCc2ccccc2C(F)(F)F)cc1Cl. The maximum Gasteiger partial charge on any atom is 0.416 e. The highest BCUT2D eigenvalue weighted by Gasteiger charge is 2.32. The van der Waals surface area contributed by atoms with Gasteiger partial charge in [0, 0.05) is 4.91 Å². The molecule has 4 nitrogen and oxygen atoms in total. The lowest BCUT2D eigenvalue weighted by molar-refractivity contribution is -0.138. The lowest BCUT2D eigenvalue weighted by Gasteiger charge is -2.13. The molecule has 2 rings (SSSR count). The fraction of sp³-hybridized carbons (Fsp3) is 0.200. The minimum atomic E-state index is -4.42. The molecule has 0 spiro atoms. The second kappa shape index (κ2) is 7.37. The second-order valence-electron chi connectivity index (χ2n) is 4.62. The summed E-state index contributed by atoms with van der Waals surface area (Å²) in [4.78, 5) is 2.63. The summed E-state index contributed by atoms with van der Waals surface area (Å²) in [6.07, 6.45) is -4.42. The van der Waals surface area contributed by atoms with Crippen LogP contribution in [0.2, 0.25) is 5.02 Å². The molecule has 0 heterocycles. The largest absolute Gasteiger partial charge is 0.416 e. The van der Waals surface area contributed by atoms with Crippen LogP contribution in [0.4, 0.5) is 18.9 Å². The number of nitrogens with zero attached hydrogens (tertiary/aromatic N) is 3. The highest BCUT2D eigenvalue weighted by atomic mass is 35.5. The van der Waals surface area contributed by atoms with Crippen molar-refractivity contribution < 1.29 is 17.9 Å². The Morgan fingerprint density at radius 1 is 1.13 bits per heavy atom. The minimum Gasteiger partial charge on any atom is -0.372 e. The van der Waals surface area contributed by atoms with Gasteiger partial charge in [-0.15, -0.1) is 0 Å². The zero-order valence-corrected chi connectivity index (χ0v) is 12.5. The van der Waals surface area contributed by atoms with E-state index in [-0.39, 0.29) is 29.5 Å². The number of alkyl halides is 3. The third-order valence-corrected chi connectivity index (χ3v) is 3.32. The maximum absolute atomic E-state index is 12.9. The molecule has 23 heavy (non-hydrogen) atoms. The molecular formula is C15H11ClF3N3O. The van der Waals surface area contributed by atoms with Gasteiger partial charge in [0.25, 0.3) is 0 Å². The average Bonchev–Trinajstić information content (AvgIpc) is 2.49. The molecule has 0 aliphatic heterocycles. The van der Waals surface area contributed by atoms with Gasteiger partial charge in [0.1, 0.15) is 0 Å². The average molecular weight is 342 g/mol. The Hall–Kier alpha value is -2.21. The molecule has 0 radical (unpaired) electrons. The summed E-state index contributed by atoms with van der Waals surface area (Å²) >= 11 is 5.92. The topological polar surface area (TPSA) is 58.0 Å². The van der Waals surface area contributed by atoms with E-state index < -0.39 is 11.7 Å². The van der Waals surface area contributed by atoms with Crippen molar-refractivity contribution in [1.29, 1.82) is 0 Å². The fourth-order valence-electron chi connectivity index (χ4n) is 1.97. The van der Waals surface area contributed by atoms with Crippen LogP contribution in [0, 0.1) is 0 Å². The van der Waals surface area contributed by atoms with Crippen LogP contribution in [0.5, 0.6) is 0 Å². The Morgan fingerprint density at radius 2 is 1.87 bits per heavy atom. The molecule has 0 aromatic heterocycles. The number of ether oxygens (including phenoxy) is 1. The molecule has 0 aliphatic rings. The zero-order valence-electron chi connectivity index (χ0n) is 11.7. The van der Waals surface area contributed by atoms with Gasteiger partial charge in [-0.05, 0) is 28.8 Å². The van der Waals surface area contributed by atoms with Gasteiger partial charge in [0.05, 0.1) is 29.5 Å². The van der Waals surface area contributed by atoms with E-state index in [0.29, 0.717) is 5.56 Å². The van der Waals surface area contributed by atoms with Gasteiger partial charge in [0.2, 0.25) is 0 Å². The van der Waals surface area contributed by atoms with Crippen LogP contribution in [0.15, 0.2) is 47.6 Å². The van der Waals surface area contributed by atoms with Gasteiger partial charge in [-0.3, -0.25) is 0 Å². The van der Waals surface area contributed by atoms with Gasteiger partial charge in [-0.2, -0.15) is 13.2 Å². The van der Waals surface area contributed by atoms with Gasteiger partial charge in [0.15, 0.2) is 0 Å². The molecular weight excluding hydrogens is 331 g/mol. The van der Waals surface area contributed by atoms with E-state index in [2.05, 4.69) is 10.0 Å². The number of hydrogen-bond acceptors (Lipinski definition) is 2. The van der Waals surface area contributed by atoms with E-state index in [1.165, 1.54) is 24.3 Å². The summed E-state index contributed by atoms with van der Waals surface area (Å²) in [5, 5.41) is 3.65. The number of azide groups is 1. The molecule has 0 saturated heterocycles. The Bertz CT molecular complexity index is 743. The van der Waals surface area contributed by atoms with Crippen molar-refractivity contribution in [2.45, 2.75) is 19.4 Å². The van der Waals surface area contributed by atoms with E-state index in [1.54, 1.807) is 12.1 Å². The molecule has 0 atom stereocenters. The van der Waals surface area contributed by atoms with Crippen molar-refractivity contribution in [3.05, 3.63) is 74.6 Å². The summed E-state index contributed by atoms with van der Waals surface area (Å²) in [7, 11) is 0. The maximum atomic E-state index is 12.9. The summed E-state index contributed by atoms with van der Waals surface area (Å²) < 4.78 is 43.9. The van der Waals surface area contributed by atoms with Crippen LogP contribution >= 0.6 is 11.6 Å². The third-order valence-electron chi connectivity index (χ3n) is 3.01. The third kappa shape index (κ3) is 4.63. The molecule has 120 valence electrons. The first-order chi connectivity index (χ1) is 10.9. The van der Waals surface area contributed by atoms with E-state index in [4.69, 9.17) is 21.9 Å². The Balaban J connectivity index is 2.04. The van der Waals surface area contributed by atoms with E-state index in [1.807, 2.05) is 0 Å². The number of benzene rings is 2. The highest BCUT2D eigenvalue weighted by molar-refractivity contribution is 6.33. The molecule has 0 bridgehead atoms. The Morgan fingerprint density at radius 3 is 2.52 bits per heavy atom. The van der Waals surface area contributed by atoms with Gasteiger partial charge >= 0.3 is 6.18 Å². The van der Waals surface area contributed by atoms with Crippen molar-refractivity contribution in [2.75, 3.05) is 0 Å². The summed E-state index contributed by atoms with van der Waals surface area (Å²) in [5.41, 5.74) is 8.65. The molecule has 2 aromatic carbocycles. The number of rotatable bonds is 5. The van der Waals surface area contributed by atoms with Crippen molar-refractivity contribution in [3.63, 3.8) is 0 Å². The monoisotopic (exact) mass is 341 g/mol. The van der Waals surface area contributed by atoms with Crippen LogP contribution in [-0.2, 0) is 24.1 Å². The predicted molar refractivity (Wildman–Crippen MR) is 80.2 cm³/mol. The van der Waals surface area contributed by atoms with Crippen molar-refractivity contribution >= 4 is 17.3 Å². The molecule has 0 amide bonds. The lowest BCUT2D eigenvalue weighted by Crippen LogP contribution is -2.09. The molecule has 2 aromatic rings. The van der Waals surface area contributed by atoms with Crippen LogP contribution in [0.3, 0.4) is 0 Å². The second-order valence-corrected chi connectivity index (χ2v) is 5.03. The predicted octanol–water partition coefficient (Wildman–Crippen LogP) is 6.02. The normalized spacial score (nSPS) is 11.1. The number of hydrogen-bond donors (Lipinski definition) is 0. The Labute approximate surface area is 135 Å². The first-order valence-electron chi connectivity index (χ1n) is 6.48. The molecule has 0 fully saturated rings. The summed E-state index contributed by atoms with van der Waals surface area (Å²) in [5.74, 6) is 0. The first kappa shape index (κ1) is 17.1. The quantitative estimate of drug-likeness (QED) is 0.373. The lowest BCUT2D eigenvalue weighted by atomic mass is 10.1. The zero-order chi connectivity index (χ0) is 16.9. The van der Waals surface area contributed by atoms with E-state index in [9.17, 15) is 13.2 Å². The molecule has 0 N–H and O–H groups in total. The molecule has 0 saturated carbocycles. The van der Waals surface area contributed by atoms with Gasteiger partial charge in [-0.1, -0.05) is 47.0 Å². The first-order valence-corrected chi connectivity index (χ1v) is 6.86. The van der Waals surface area contributed by atoms with E-state index in [0.717, 1.165) is 6.07 Å². The standard InChI is InChI=1S/C15H11ClF3N3O/c16-13-7-10(5-6-14(13)21-22-20)8-23-9-11-3-1-2-4-12(11)15(17,18)19/h1-7H,8-9H2. The molecule has 8 heteroatoms. The minimum absolute atomic E-state index is 0.0665. The van der Waals surface area contributed by atoms with E-state index >= 15 is 0 Å². The fourth-order valence-corrected chi connectivity index (χ4v) is 2.21. The summed E-state index contributed by atoms with van der Waals surface area (Å²) in [6.45, 7) is -0.0894. The van der Waals surface area contributed by atoms with Crippen LogP contribution in [0.1, 0.15) is 16.7 Å². The highest BCUT2D eigenvalue weighted by Crippen LogP contribution is 2.32. The number of halogens is 4. The van der Waals surface area contributed by atoms with Crippen molar-refractivity contribution in [1.82, 2.24) is 0 Å². The van der Waals surface area contributed by atoms with Crippen molar-refractivity contribution in [2.24, 2.45) is 5.11 Å². The van der Waals surface area contributed by atoms with Gasteiger partial charge in [-0.25, -0.2) is 0 Å². The smallest absolute Gasteiger partial charge is 0.372 e. The van der Waals surface area contributed by atoms with Crippen LogP contribution in [-0.4, -0.2) is 0 Å². The van der Waals surface area contributed by atoms with Gasteiger partial charge < -0.3 is 4.74 Å². The molecule has 0 unspecified atom stereocenters. The molecule has 0 aliphatic carbocycles. The van der Waals surface area contributed by atoms with Crippen molar-refractivity contribution in [3.8, 4) is 0 Å². The van der Waals surface area contributed by atoms with Crippen LogP contribution in [0.25, 0.3) is 10.4 Å². The Kier molecular flexibility index (Phi) is 5.50. The summed E-state index contributed by atoms with van der Waals surface area (Å²) in [6, 6.07) is 9.95.